The number of nitrogens with one attached hydrogen (secondary N) is 5. The minimum Gasteiger partial charge on any atom is -0.458 e. The third-order valence-corrected chi connectivity index (χ3v) is 15.9. The molecule has 0 radical (unpaired) electrons. The summed E-state index contributed by atoms with van der Waals surface area (Å²) in [5.74, 6) is -2.92. The molecule has 0 aliphatic carbocycles. The molecule has 5 aliphatic heterocycles. The van der Waals surface area contributed by atoms with Crippen LogP contribution in [-0.2, 0) is 56.9 Å². The molecule has 5 saturated heterocycles. The molecule has 5 aliphatic rings. The molecule has 35 heteroatoms. The number of esters is 1. The van der Waals surface area contributed by atoms with Crippen LogP contribution < -0.4 is 56.2 Å². The first-order chi connectivity index (χ1) is 51.4. The number of methoxy groups -OCH3 is 5. The lowest BCUT2D eigenvalue weighted by molar-refractivity contribution is -0.171. The van der Waals surface area contributed by atoms with E-state index in [1.165, 1.54) is 31.6 Å². The number of H-pyrrole nitrogens is 5. The summed E-state index contributed by atoms with van der Waals surface area (Å²) in [4.78, 5) is 138. The third kappa shape index (κ3) is 18.1. The SMILES string of the molecule is [2H]C([2H])([2H])O[C@@H]1[C@H](C)[C@@H](C(=O)OC(C)(C)C)O[C@H]1n1ccc(=O)[nH]c1=O.[2H]C([2H])([2H])O[C@@H]1[C@H](C)[C@@H](C([2H])([2H])O)O[C@H]1n1ccc(=O)[nH]c1=O.[2H]C([2H])([2H])O[C@@H]1[C@H](C)[C@@H](CC)O[C@H]1n1ccc(=O)[nH]c1=O.[2H]C([2H])([2H])O[C@@H]1[C@H](C)[C@@H](CO)O[C@H]1n1ccc(=O)[nH]c1=O.[2H]C([2H])([2H])O[C@@H]1[C@H](O)[C@@H](CC)O[C@H]1n1ccc(=O)[nH]c1=O. The van der Waals surface area contributed by atoms with Crippen LogP contribution in [0.1, 0.15) is 130 Å². The van der Waals surface area contributed by atoms with E-state index >= 15 is 0 Å². The van der Waals surface area contributed by atoms with Gasteiger partial charge in [-0.25, -0.2) is 28.8 Å². The van der Waals surface area contributed by atoms with Crippen LogP contribution in [0.5, 0.6) is 0 Å². The summed E-state index contributed by atoms with van der Waals surface area (Å²) in [5.41, 5.74) is -7.57. The van der Waals surface area contributed by atoms with Gasteiger partial charge in [0.15, 0.2) is 37.2 Å². The molecule has 0 amide bonds. The summed E-state index contributed by atoms with van der Waals surface area (Å²) in [5, 5.41) is 28.9. The average Bonchev–Trinajstić information content (AvgIpc) is 1.75. The van der Waals surface area contributed by atoms with Gasteiger partial charge in [0.05, 0.1) is 60.9 Å². The second-order valence-electron chi connectivity index (χ2n) is 23.2. The maximum atomic E-state index is 12.4. The van der Waals surface area contributed by atoms with Crippen molar-refractivity contribution in [2.45, 2.75) is 179 Å². The van der Waals surface area contributed by atoms with Crippen molar-refractivity contribution in [2.24, 2.45) is 23.7 Å². The van der Waals surface area contributed by atoms with Crippen molar-refractivity contribution < 1.29 is 95.5 Å². The van der Waals surface area contributed by atoms with Crippen LogP contribution >= 0.6 is 0 Å². The lowest BCUT2D eigenvalue weighted by Gasteiger charge is -2.23. The van der Waals surface area contributed by atoms with Crippen molar-refractivity contribution in [2.75, 3.05) is 48.4 Å². The number of aromatic nitrogens is 10. The maximum Gasteiger partial charge on any atom is 0.336 e. The predicted molar refractivity (Wildman–Crippen MR) is 333 cm³/mol. The van der Waals surface area contributed by atoms with Crippen molar-refractivity contribution >= 4 is 5.97 Å². The van der Waals surface area contributed by atoms with E-state index in [2.05, 4.69) is 15.0 Å². The largest absolute Gasteiger partial charge is 0.458 e. The topological polar surface area (TPSA) is 454 Å². The number of hydrogen-bond donors (Lipinski definition) is 8. The molecular weight excluding hydrogens is 1260 g/mol. The molecule has 5 aromatic heterocycles. The first-order valence-electron chi connectivity index (χ1n) is 37.8. The van der Waals surface area contributed by atoms with E-state index in [9.17, 15) is 68.1 Å². The van der Waals surface area contributed by atoms with E-state index in [1.54, 1.807) is 41.5 Å². The van der Waals surface area contributed by atoms with Gasteiger partial charge in [-0.15, -0.1) is 0 Å². The second kappa shape index (κ2) is 33.8. The summed E-state index contributed by atoms with van der Waals surface area (Å²) in [6.07, 6.45) is -9.28. The summed E-state index contributed by atoms with van der Waals surface area (Å²) in [7, 11) is -13.6. The molecular formula is C60H88N10O25. The highest BCUT2D eigenvalue weighted by molar-refractivity contribution is 5.76. The third-order valence-electron chi connectivity index (χ3n) is 15.9. The number of aliphatic hydroxyl groups is 3. The Labute approximate surface area is 565 Å². The van der Waals surface area contributed by atoms with E-state index < -0.39 is 219 Å². The standard InChI is InChI=1S/C15H22N2O6.C12H18N2O4.3C11H16N2O5/c1-8-10(21-5)12(17-7-6-9(18)16-14(17)20)22-11(8)13(19)23-15(2,3)4;1-4-8-7(2)10(17-3)11(18-8)14-6-5-9(15)13-12(14)16;2*1-6-7(5-14)18-10(9(6)17-2)13-4-3-8(15)12-11(13)16;1-3-6-8(15)9(17-2)10(18-6)13-5-4-7(14)12-11(13)16/h6-8,10-12H,1-5H3,(H,16,18,20);5-8,10-11H,4H2,1-3H3,(H,13,15,16);2*3-4,6-7,9-10,14H,5H2,1-2H3,(H,12,15,16);4-6,8-10,15H,3H2,1-2H3,(H,12,14,16)/t8-,10+,11-,12+;7-,8-,10-,11-;2*6-,7-,9-,10-;6-,8-,9-,10-/m01111/s1/i5D3;3D3;2D3,5D2;2*2D3. The fraction of sp³-hybridized carbons (Fsp3) is 0.650. The smallest absolute Gasteiger partial charge is 0.336 e. The quantitative estimate of drug-likeness (QED) is 0.0541. The van der Waals surface area contributed by atoms with Crippen molar-refractivity contribution in [3.63, 3.8) is 0 Å². The molecule has 5 fully saturated rings. The second-order valence-corrected chi connectivity index (χ2v) is 23.2. The zero-order valence-electron chi connectivity index (χ0n) is 69.5. The molecule has 95 heavy (non-hydrogen) atoms. The molecule has 20 atom stereocenters. The number of carbonyl (C=O) groups is 1. The monoisotopic (exact) mass is 1370 g/mol. The summed E-state index contributed by atoms with van der Waals surface area (Å²) < 4.78 is 186. The Kier molecular flexibility index (Phi) is 19.4. The van der Waals surface area contributed by atoms with E-state index in [0.29, 0.717) is 12.8 Å². The van der Waals surface area contributed by atoms with Gasteiger partial charge in [0.25, 0.3) is 27.8 Å². The highest BCUT2D eigenvalue weighted by Gasteiger charge is 2.50. The van der Waals surface area contributed by atoms with Crippen molar-refractivity contribution in [3.05, 3.63) is 166 Å². The van der Waals surface area contributed by atoms with Gasteiger partial charge in [-0.3, -0.25) is 71.7 Å². The van der Waals surface area contributed by atoms with Gasteiger partial charge in [-0.1, -0.05) is 41.5 Å². The van der Waals surface area contributed by atoms with Crippen LogP contribution in [0.4, 0.5) is 0 Å². The van der Waals surface area contributed by atoms with E-state index in [4.69, 9.17) is 75.4 Å². The van der Waals surface area contributed by atoms with Crippen LogP contribution in [0, 0.1) is 23.7 Å². The first-order valence-corrected chi connectivity index (χ1v) is 29.3. The number of aliphatic hydroxyl groups excluding tert-OH is 2. The average molecular weight is 1370 g/mol. The van der Waals surface area contributed by atoms with Gasteiger partial charge in [-0.05, 0) is 33.6 Å². The van der Waals surface area contributed by atoms with E-state index in [0.717, 1.165) is 59.5 Å². The number of hydrogen-bond acceptors (Lipinski definition) is 25. The van der Waals surface area contributed by atoms with E-state index in [-0.39, 0.29) is 18.6 Å². The molecule has 35 nitrogen and oxygen atoms in total. The minimum absolute atomic E-state index is 0.195. The molecule has 0 bridgehead atoms. The maximum absolute atomic E-state index is 12.4. The Bertz CT molecular complexity index is 4360. The summed E-state index contributed by atoms with van der Waals surface area (Å²) in [6, 6.07) is 5.52. The van der Waals surface area contributed by atoms with Crippen LogP contribution in [-0.4, -0.2) is 190 Å². The molecule has 0 spiro atoms. The minimum atomic E-state index is -2.82. The summed E-state index contributed by atoms with van der Waals surface area (Å²) in [6.45, 7) is 12.1. The van der Waals surface area contributed by atoms with Crippen molar-refractivity contribution in [1.82, 2.24) is 47.8 Å². The fourth-order valence-electron chi connectivity index (χ4n) is 10.8. The Morgan fingerprint density at radius 3 is 1.06 bits per heavy atom. The van der Waals surface area contributed by atoms with Crippen LogP contribution in [0.2, 0.25) is 0 Å². The molecule has 10 heterocycles. The normalized spacial score (nSPS) is 34.3. The Balaban J connectivity index is 0.000000219. The summed E-state index contributed by atoms with van der Waals surface area (Å²) >= 11 is 0. The van der Waals surface area contributed by atoms with Crippen molar-refractivity contribution in [3.8, 4) is 0 Å². The molecule has 10 rings (SSSR count). The van der Waals surface area contributed by atoms with Gasteiger partial charge in [-0.2, -0.15) is 0 Å². The first kappa shape index (κ1) is 54.5. The van der Waals surface area contributed by atoms with Crippen LogP contribution in [0.25, 0.3) is 0 Å². The van der Waals surface area contributed by atoms with Gasteiger partial charge in [0.1, 0.15) is 42.2 Å². The lowest BCUT2D eigenvalue weighted by Crippen LogP contribution is -2.38. The van der Waals surface area contributed by atoms with Gasteiger partial charge < -0.3 is 67.4 Å². The molecule has 528 valence electrons. The number of aromatic amines is 5. The van der Waals surface area contributed by atoms with E-state index in [1.807, 2.05) is 23.8 Å². The zero-order chi connectivity index (χ0) is 84.8. The lowest BCUT2D eigenvalue weighted by atomic mass is 9.98. The number of nitrogens with zero attached hydrogens (tertiary/aromatic N) is 5. The van der Waals surface area contributed by atoms with Gasteiger partial charge in [0.2, 0.25) is 0 Å². The zero-order valence-corrected chi connectivity index (χ0v) is 52.5. The number of rotatable bonds is 15. The predicted octanol–water partition coefficient (Wildman–Crippen LogP) is -1.70. The highest BCUT2D eigenvalue weighted by atomic mass is 16.6. The molecule has 0 unspecified atom stereocenters. The Hall–Kier alpha value is -7.65. The Morgan fingerprint density at radius 2 is 0.747 bits per heavy atom. The number of ether oxygens (including phenoxy) is 11. The fourth-order valence-corrected chi connectivity index (χ4v) is 10.8. The van der Waals surface area contributed by atoms with Gasteiger partial charge in [0, 0.05) is 120 Å². The highest BCUT2D eigenvalue weighted by Crippen LogP contribution is 2.39. The molecule has 0 saturated carbocycles. The molecule has 0 aromatic carbocycles. The Morgan fingerprint density at radius 1 is 0.463 bits per heavy atom. The number of carbonyl (C=O) groups excluding carboxylic acids is 1. The van der Waals surface area contributed by atoms with Crippen LogP contribution in [0.15, 0.2) is 109 Å². The van der Waals surface area contributed by atoms with Crippen LogP contribution in [0.3, 0.4) is 0 Å². The van der Waals surface area contributed by atoms with Crippen molar-refractivity contribution in [1.29, 1.82) is 0 Å². The molecule has 5 aromatic rings. The molecule has 8 N–H and O–H groups in total. The van der Waals surface area contributed by atoms with Gasteiger partial charge >= 0.3 is 34.4 Å².